The maximum atomic E-state index is 4.93. The van der Waals surface area contributed by atoms with E-state index in [1.165, 1.54) is 29.5 Å². The number of fused-ring (bicyclic) bond motifs is 1. The van der Waals surface area contributed by atoms with E-state index in [1.54, 1.807) is 0 Å². The smallest absolute Gasteiger partial charge is 0.0930 e. The molecule has 2 aromatic rings. The van der Waals surface area contributed by atoms with Crippen LogP contribution in [0.1, 0.15) is 44.7 Å². The summed E-state index contributed by atoms with van der Waals surface area (Å²) >= 11 is 0. The molecule has 1 fully saturated rings. The standard InChI is InChI=1S/C20H28N4/c1-14-4-7-18(21-11-14)16-5-6-17-13-24(22-19(17)10-16)20-8-9-23(3)12-15(20)2/h5-6,10,13-15,20H,4,7-9,11-12H2,1-3H3/t14-,15+,20+/m0/s1. The number of aromatic nitrogens is 2. The van der Waals surface area contributed by atoms with Crippen LogP contribution in [0.3, 0.4) is 0 Å². The molecule has 0 spiro atoms. The molecule has 0 N–H and O–H groups in total. The molecule has 4 heteroatoms. The quantitative estimate of drug-likeness (QED) is 0.842. The van der Waals surface area contributed by atoms with Crippen LogP contribution in [-0.4, -0.2) is 47.1 Å². The molecule has 3 atom stereocenters. The van der Waals surface area contributed by atoms with Gasteiger partial charge in [-0.05, 0) is 56.3 Å². The molecule has 24 heavy (non-hydrogen) atoms. The number of hydrogen-bond donors (Lipinski definition) is 0. The summed E-state index contributed by atoms with van der Waals surface area (Å²) in [6.45, 7) is 7.91. The topological polar surface area (TPSA) is 33.4 Å². The predicted molar refractivity (Wildman–Crippen MR) is 99.9 cm³/mol. The van der Waals surface area contributed by atoms with Crippen LogP contribution in [0.5, 0.6) is 0 Å². The van der Waals surface area contributed by atoms with Gasteiger partial charge in [0.05, 0.1) is 11.6 Å². The Bertz CT molecular complexity index is 760. The van der Waals surface area contributed by atoms with Crippen LogP contribution < -0.4 is 0 Å². The Morgan fingerprint density at radius 3 is 2.79 bits per heavy atom. The van der Waals surface area contributed by atoms with Gasteiger partial charge in [0.25, 0.3) is 0 Å². The number of piperidine rings is 1. The molecule has 0 radical (unpaired) electrons. The van der Waals surface area contributed by atoms with Crippen molar-refractivity contribution in [1.29, 1.82) is 0 Å². The van der Waals surface area contributed by atoms with Crippen LogP contribution in [0, 0.1) is 11.8 Å². The van der Waals surface area contributed by atoms with Crippen molar-refractivity contribution in [3.63, 3.8) is 0 Å². The SMILES string of the molecule is C[C@H]1CCC(c2ccc3cn([C@@H]4CCN(C)C[C@H]4C)nc3c2)=NC1. The van der Waals surface area contributed by atoms with Gasteiger partial charge in [0, 0.05) is 30.4 Å². The summed E-state index contributed by atoms with van der Waals surface area (Å²) in [6.07, 6.45) is 5.76. The van der Waals surface area contributed by atoms with Crippen LogP contribution in [0.2, 0.25) is 0 Å². The first kappa shape index (κ1) is 15.8. The zero-order valence-electron chi connectivity index (χ0n) is 15.1. The highest BCUT2D eigenvalue weighted by Crippen LogP contribution is 2.29. The fourth-order valence-corrected chi connectivity index (χ4v) is 4.17. The molecule has 0 unspecified atom stereocenters. The van der Waals surface area contributed by atoms with Crippen molar-refractivity contribution in [2.45, 2.75) is 39.2 Å². The second kappa shape index (κ2) is 6.32. The lowest BCUT2D eigenvalue weighted by Crippen LogP contribution is -2.37. The average Bonchev–Trinajstić information content (AvgIpc) is 2.98. The van der Waals surface area contributed by atoms with Crippen LogP contribution in [0.25, 0.3) is 10.9 Å². The fraction of sp³-hybridized carbons (Fsp3) is 0.600. The lowest BCUT2D eigenvalue weighted by molar-refractivity contribution is 0.151. The van der Waals surface area contributed by atoms with E-state index in [4.69, 9.17) is 10.1 Å². The molecule has 4 nitrogen and oxygen atoms in total. The Morgan fingerprint density at radius 2 is 2.04 bits per heavy atom. The van der Waals surface area contributed by atoms with Crippen molar-refractivity contribution < 1.29 is 0 Å². The minimum atomic E-state index is 0.518. The highest BCUT2D eigenvalue weighted by atomic mass is 15.3. The molecule has 0 bridgehead atoms. The van der Waals surface area contributed by atoms with Crippen LogP contribution >= 0.6 is 0 Å². The van der Waals surface area contributed by atoms with Gasteiger partial charge in [-0.3, -0.25) is 9.67 Å². The molecule has 1 saturated heterocycles. The Hall–Kier alpha value is -1.68. The minimum Gasteiger partial charge on any atom is -0.306 e. The van der Waals surface area contributed by atoms with Crippen molar-refractivity contribution in [2.24, 2.45) is 16.8 Å². The largest absolute Gasteiger partial charge is 0.306 e. The van der Waals surface area contributed by atoms with Crippen molar-refractivity contribution in [2.75, 3.05) is 26.7 Å². The van der Waals surface area contributed by atoms with Gasteiger partial charge in [-0.1, -0.05) is 26.0 Å². The van der Waals surface area contributed by atoms with E-state index in [9.17, 15) is 0 Å². The molecule has 0 aliphatic carbocycles. The Balaban J connectivity index is 1.62. The second-order valence-corrected chi connectivity index (χ2v) is 7.91. The highest BCUT2D eigenvalue weighted by Gasteiger charge is 2.26. The summed E-state index contributed by atoms with van der Waals surface area (Å²) in [6, 6.07) is 7.19. The average molecular weight is 324 g/mol. The number of likely N-dealkylation sites (tertiary alicyclic amines) is 1. The normalized spacial score (nSPS) is 29.0. The molecule has 2 aliphatic heterocycles. The maximum absolute atomic E-state index is 4.93. The fourth-order valence-electron chi connectivity index (χ4n) is 4.17. The Kier molecular flexibility index (Phi) is 4.17. The zero-order valence-corrected chi connectivity index (χ0v) is 15.1. The number of benzene rings is 1. The van der Waals surface area contributed by atoms with Crippen molar-refractivity contribution in [3.05, 3.63) is 30.0 Å². The van der Waals surface area contributed by atoms with Crippen LogP contribution in [-0.2, 0) is 0 Å². The van der Waals surface area contributed by atoms with Gasteiger partial charge in [-0.25, -0.2) is 0 Å². The van der Waals surface area contributed by atoms with E-state index in [2.05, 4.69) is 54.9 Å². The zero-order chi connectivity index (χ0) is 16.7. The van der Waals surface area contributed by atoms with E-state index >= 15 is 0 Å². The molecular formula is C20H28N4. The summed E-state index contributed by atoms with van der Waals surface area (Å²) < 4.78 is 2.22. The number of nitrogens with zero attached hydrogens (tertiary/aromatic N) is 4. The third kappa shape index (κ3) is 3.00. The molecule has 1 aromatic carbocycles. The molecule has 4 rings (SSSR count). The number of aliphatic imine (C=N–C) groups is 1. The van der Waals surface area contributed by atoms with E-state index in [0.717, 1.165) is 37.5 Å². The minimum absolute atomic E-state index is 0.518. The summed E-state index contributed by atoms with van der Waals surface area (Å²) in [5.74, 6) is 1.37. The van der Waals surface area contributed by atoms with Crippen LogP contribution in [0.15, 0.2) is 29.4 Å². The van der Waals surface area contributed by atoms with Gasteiger partial charge in [0.1, 0.15) is 0 Å². The lowest BCUT2D eigenvalue weighted by atomic mass is 9.94. The van der Waals surface area contributed by atoms with Crippen molar-refractivity contribution in [1.82, 2.24) is 14.7 Å². The third-order valence-corrected chi connectivity index (χ3v) is 5.73. The molecule has 2 aliphatic rings. The summed E-state index contributed by atoms with van der Waals surface area (Å²) in [5, 5.41) is 6.17. The van der Waals surface area contributed by atoms with Gasteiger partial charge >= 0.3 is 0 Å². The summed E-state index contributed by atoms with van der Waals surface area (Å²) in [5.41, 5.74) is 3.63. The van der Waals surface area contributed by atoms with Gasteiger partial charge in [-0.2, -0.15) is 5.10 Å². The van der Waals surface area contributed by atoms with Crippen LogP contribution in [0.4, 0.5) is 0 Å². The molecular weight excluding hydrogens is 296 g/mol. The van der Waals surface area contributed by atoms with E-state index in [1.807, 2.05) is 0 Å². The van der Waals surface area contributed by atoms with E-state index in [-0.39, 0.29) is 0 Å². The third-order valence-electron chi connectivity index (χ3n) is 5.73. The maximum Gasteiger partial charge on any atom is 0.0930 e. The first-order valence-electron chi connectivity index (χ1n) is 9.31. The number of rotatable bonds is 2. The monoisotopic (exact) mass is 324 g/mol. The van der Waals surface area contributed by atoms with Gasteiger partial charge in [-0.15, -0.1) is 0 Å². The Labute approximate surface area is 144 Å². The van der Waals surface area contributed by atoms with Gasteiger partial charge in [0.15, 0.2) is 0 Å². The summed E-state index contributed by atoms with van der Waals surface area (Å²) in [7, 11) is 2.21. The van der Waals surface area contributed by atoms with E-state index < -0.39 is 0 Å². The highest BCUT2D eigenvalue weighted by molar-refractivity contribution is 6.03. The molecule has 128 valence electrons. The van der Waals surface area contributed by atoms with Gasteiger partial charge in [0.2, 0.25) is 0 Å². The molecule has 3 heterocycles. The van der Waals surface area contributed by atoms with Crippen molar-refractivity contribution in [3.8, 4) is 0 Å². The summed E-state index contributed by atoms with van der Waals surface area (Å²) in [4.78, 5) is 7.20. The van der Waals surface area contributed by atoms with E-state index in [0.29, 0.717) is 12.0 Å². The van der Waals surface area contributed by atoms with Gasteiger partial charge < -0.3 is 4.90 Å². The second-order valence-electron chi connectivity index (χ2n) is 7.91. The number of hydrogen-bond acceptors (Lipinski definition) is 3. The first-order valence-corrected chi connectivity index (χ1v) is 9.31. The predicted octanol–water partition coefficient (Wildman–Crippen LogP) is 3.77. The Morgan fingerprint density at radius 1 is 1.17 bits per heavy atom. The molecule has 0 amide bonds. The molecule has 1 aromatic heterocycles. The first-order chi connectivity index (χ1) is 11.6. The van der Waals surface area contributed by atoms with Crippen molar-refractivity contribution >= 4 is 16.6 Å². The lowest BCUT2D eigenvalue weighted by Gasteiger charge is -2.34. The molecule has 0 saturated carbocycles.